The van der Waals surface area contributed by atoms with Crippen LogP contribution >= 0.6 is 15.9 Å². The van der Waals surface area contributed by atoms with Crippen LogP contribution in [0.2, 0.25) is 0 Å². The molecule has 2 aromatic carbocycles. The molecule has 0 aromatic heterocycles. The van der Waals surface area contributed by atoms with Gasteiger partial charge in [-0.1, -0.05) is 15.9 Å². The van der Waals surface area contributed by atoms with Crippen molar-refractivity contribution in [3.8, 4) is 0 Å². The maximum absolute atomic E-state index is 4.33. The van der Waals surface area contributed by atoms with Crippen molar-refractivity contribution in [1.29, 1.82) is 0 Å². The highest BCUT2D eigenvalue weighted by molar-refractivity contribution is 9.10. The van der Waals surface area contributed by atoms with E-state index in [1.165, 1.54) is 17.7 Å². The van der Waals surface area contributed by atoms with Crippen LogP contribution in [0.15, 0.2) is 57.2 Å². The molecule has 0 fully saturated rings. The molecule has 1 aliphatic heterocycles. The van der Waals surface area contributed by atoms with E-state index in [-0.39, 0.29) is 0 Å². The van der Waals surface area contributed by atoms with Gasteiger partial charge in [0.15, 0.2) is 0 Å². The Hall–Kier alpha value is -1.68. The molecule has 2 aromatic rings. The first-order valence-corrected chi connectivity index (χ1v) is 7.53. The second-order valence-electron chi connectivity index (χ2n) is 5.01. The predicted molar refractivity (Wildman–Crippen MR) is 86.4 cm³/mol. The third-order valence-corrected chi connectivity index (χ3v) is 4.05. The minimum absolute atomic E-state index is 0.864. The van der Waals surface area contributed by atoms with E-state index in [9.17, 15) is 0 Å². The average molecular weight is 330 g/mol. The van der Waals surface area contributed by atoms with Gasteiger partial charge in [-0.05, 0) is 60.9 Å². The van der Waals surface area contributed by atoms with Crippen molar-refractivity contribution >= 4 is 33.0 Å². The number of nitrogens with zero attached hydrogens (tertiary/aromatic N) is 3. The molecular weight excluding hydrogens is 314 g/mol. The number of fused-ring (bicyclic) bond motifs is 1. The second-order valence-corrected chi connectivity index (χ2v) is 5.93. The summed E-state index contributed by atoms with van der Waals surface area (Å²) in [6.45, 7) is 1.13. The molecule has 0 radical (unpaired) electrons. The van der Waals surface area contributed by atoms with Crippen molar-refractivity contribution in [2.24, 2.45) is 10.2 Å². The smallest absolute Gasteiger partial charge is 0.0861 e. The minimum Gasteiger partial charge on any atom is -0.374 e. The van der Waals surface area contributed by atoms with Gasteiger partial charge in [0.2, 0.25) is 0 Å². The fourth-order valence-electron chi connectivity index (χ4n) is 2.46. The van der Waals surface area contributed by atoms with Crippen molar-refractivity contribution in [2.45, 2.75) is 12.8 Å². The van der Waals surface area contributed by atoms with Crippen molar-refractivity contribution < 1.29 is 0 Å². The molecule has 0 amide bonds. The molecule has 20 heavy (non-hydrogen) atoms. The molecule has 4 heteroatoms. The Bertz CT molecular complexity index is 635. The lowest BCUT2D eigenvalue weighted by Crippen LogP contribution is -2.24. The highest BCUT2D eigenvalue weighted by Gasteiger charge is 2.13. The van der Waals surface area contributed by atoms with E-state index >= 15 is 0 Å². The van der Waals surface area contributed by atoms with Gasteiger partial charge < -0.3 is 4.90 Å². The van der Waals surface area contributed by atoms with Crippen LogP contribution in [-0.2, 0) is 6.42 Å². The van der Waals surface area contributed by atoms with Crippen LogP contribution in [0, 0.1) is 0 Å². The number of hydrogen-bond acceptors (Lipinski definition) is 3. The molecule has 0 unspecified atom stereocenters. The molecule has 3 rings (SSSR count). The van der Waals surface area contributed by atoms with Gasteiger partial charge in [0.1, 0.15) is 0 Å². The highest BCUT2D eigenvalue weighted by atomic mass is 79.9. The first kappa shape index (κ1) is 13.3. The lowest BCUT2D eigenvalue weighted by atomic mass is 10.0. The second kappa shape index (κ2) is 5.75. The van der Waals surface area contributed by atoms with Crippen LogP contribution in [0.1, 0.15) is 12.0 Å². The number of benzene rings is 2. The van der Waals surface area contributed by atoms with Crippen molar-refractivity contribution in [2.75, 3.05) is 18.5 Å². The number of azo groups is 1. The Morgan fingerprint density at radius 3 is 2.50 bits per heavy atom. The summed E-state index contributed by atoms with van der Waals surface area (Å²) in [5, 5.41) is 8.61. The number of aryl methyl sites for hydroxylation is 1. The quantitative estimate of drug-likeness (QED) is 0.692. The van der Waals surface area contributed by atoms with E-state index in [1.54, 1.807) is 0 Å². The Labute approximate surface area is 127 Å². The monoisotopic (exact) mass is 329 g/mol. The summed E-state index contributed by atoms with van der Waals surface area (Å²) < 4.78 is 1.05. The topological polar surface area (TPSA) is 28.0 Å². The molecule has 1 aliphatic rings. The van der Waals surface area contributed by atoms with Gasteiger partial charge in [0.25, 0.3) is 0 Å². The van der Waals surface area contributed by atoms with E-state index < -0.39 is 0 Å². The van der Waals surface area contributed by atoms with Crippen LogP contribution in [0.4, 0.5) is 17.1 Å². The summed E-state index contributed by atoms with van der Waals surface area (Å²) in [6, 6.07) is 14.1. The SMILES string of the molecule is CN1CCCc2cc(N=Nc3ccc(Br)cc3)ccc21. The maximum Gasteiger partial charge on any atom is 0.0861 e. The molecule has 0 saturated heterocycles. The van der Waals surface area contributed by atoms with Gasteiger partial charge in [0, 0.05) is 23.8 Å². The average Bonchev–Trinajstić information content (AvgIpc) is 2.47. The van der Waals surface area contributed by atoms with E-state index in [1.807, 2.05) is 30.3 Å². The Kier molecular flexibility index (Phi) is 3.83. The highest BCUT2D eigenvalue weighted by Crippen LogP contribution is 2.30. The van der Waals surface area contributed by atoms with E-state index in [0.29, 0.717) is 0 Å². The minimum atomic E-state index is 0.864. The number of hydrogen-bond donors (Lipinski definition) is 0. The summed E-state index contributed by atoms with van der Waals surface area (Å²) in [4.78, 5) is 2.30. The number of halogens is 1. The van der Waals surface area contributed by atoms with Crippen molar-refractivity contribution in [3.63, 3.8) is 0 Å². The van der Waals surface area contributed by atoms with E-state index in [4.69, 9.17) is 0 Å². The molecule has 0 bridgehead atoms. The van der Waals surface area contributed by atoms with Gasteiger partial charge in [0.05, 0.1) is 11.4 Å². The first-order chi connectivity index (χ1) is 9.72. The zero-order chi connectivity index (χ0) is 13.9. The summed E-state index contributed by atoms with van der Waals surface area (Å²) in [5.74, 6) is 0. The number of anilines is 1. The van der Waals surface area contributed by atoms with Gasteiger partial charge in [-0.2, -0.15) is 10.2 Å². The standard InChI is InChI=1S/C16H16BrN3/c1-20-10-2-3-12-11-15(8-9-16(12)20)19-18-14-6-4-13(17)5-7-14/h4-9,11H,2-3,10H2,1H3. The molecular formula is C16H16BrN3. The normalized spacial score (nSPS) is 14.6. The lowest BCUT2D eigenvalue weighted by molar-refractivity contribution is 0.744. The van der Waals surface area contributed by atoms with Gasteiger partial charge in [-0.3, -0.25) is 0 Å². The molecule has 102 valence electrons. The fraction of sp³-hybridized carbons (Fsp3) is 0.250. The molecule has 0 spiro atoms. The van der Waals surface area contributed by atoms with Crippen LogP contribution in [0.25, 0.3) is 0 Å². The molecule has 3 nitrogen and oxygen atoms in total. The Morgan fingerprint density at radius 1 is 1.00 bits per heavy atom. The predicted octanol–water partition coefficient (Wildman–Crippen LogP) is 5.25. The van der Waals surface area contributed by atoms with E-state index in [0.717, 1.165) is 28.8 Å². The summed E-state index contributed by atoms with van der Waals surface area (Å²) in [6.07, 6.45) is 2.33. The van der Waals surface area contributed by atoms with Gasteiger partial charge in [-0.15, -0.1) is 0 Å². The Balaban J connectivity index is 1.83. The van der Waals surface area contributed by atoms with Crippen LogP contribution in [0.3, 0.4) is 0 Å². The van der Waals surface area contributed by atoms with Gasteiger partial charge in [-0.25, -0.2) is 0 Å². The zero-order valence-corrected chi connectivity index (χ0v) is 13.0. The van der Waals surface area contributed by atoms with Gasteiger partial charge >= 0.3 is 0 Å². The van der Waals surface area contributed by atoms with Crippen LogP contribution in [0.5, 0.6) is 0 Å². The van der Waals surface area contributed by atoms with Crippen LogP contribution < -0.4 is 4.90 Å². The zero-order valence-electron chi connectivity index (χ0n) is 11.4. The van der Waals surface area contributed by atoms with Crippen molar-refractivity contribution in [1.82, 2.24) is 0 Å². The largest absolute Gasteiger partial charge is 0.374 e. The fourth-order valence-corrected chi connectivity index (χ4v) is 2.72. The summed E-state index contributed by atoms with van der Waals surface area (Å²) in [7, 11) is 2.14. The van der Waals surface area contributed by atoms with Crippen LogP contribution in [-0.4, -0.2) is 13.6 Å². The Morgan fingerprint density at radius 2 is 1.70 bits per heavy atom. The molecule has 0 atom stereocenters. The molecule has 0 saturated carbocycles. The maximum atomic E-state index is 4.33. The lowest BCUT2D eigenvalue weighted by Gasteiger charge is -2.27. The third kappa shape index (κ3) is 2.90. The molecule has 0 N–H and O–H groups in total. The summed E-state index contributed by atoms with van der Waals surface area (Å²) >= 11 is 3.41. The first-order valence-electron chi connectivity index (χ1n) is 6.74. The third-order valence-electron chi connectivity index (χ3n) is 3.52. The molecule has 0 aliphatic carbocycles. The van der Waals surface area contributed by atoms with Crippen molar-refractivity contribution in [3.05, 3.63) is 52.5 Å². The number of rotatable bonds is 2. The molecule has 1 heterocycles. The van der Waals surface area contributed by atoms with E-state index in [2.05, 4.69) is 50.2 Å². The summed E-state index contributed by atoms with van der Waals surface area (Å²) in [5.41, 5.74) is 4.47.